The number of fused-ring (bicyclic) bond motifs is 2. The number of rotatable bonds is 1. The number of benzene rings is 2. The average molecular weight is 259 g/mol. The maximum atomic E-state index is 4.69. The molecule has 0 amide bonds. The summed E-state index contributed by atoms with van der Waals surface area (Å²) in [5.41, 5.74) is 5.06. The highest BCUT2D eigenvalue weighted by Crippen LogP contribution is 2.24. The zero-order chi connectivity index (χ0) is 13.5. The molecule has 0 saturated carbocycles. The van der Waals surface area contributed by atoms with Crippen LogP contribution >= 0.6 is 0 Å². The van der Waals surface area contributed by atoms with Crippen LogP contribution in [0, 0.1) is 0 Å². The Bertz CT molecular complexity index is 922. The normalized spacial score (nSPS) is 11.2. The van der Waals surface area contributed by atoms with Gasteiger partial charge in [-0.3, -0.25) is 4.98 Å². The molecule has 0 radical (unpaired) electrons. The maximum absolute atomic E-state index is 4.69. The first-order valence-corrected chi connectivity index (χ1v) is 6.58. The molecule has 2 aromatic carbocycles. The first-order valence-electron chi connectivity index (χ1n) is 6.58. The van der Waals surface area contributed by atoms with Gasteiger partial charge in [0.1, 0.15) is 0 Å². The Balaban J connectivity index is 1.93. The van der Waals surface area contributed by atoms with Crippen molar-refractivity contribution in [1.82, 2.24) is 14.5 Å². The van der Waals surface area contributed by atoms with Gasteiger partial charge in [-0.1, -0.05) is 24.3 Å². The third-order valence-corrected chi connectivity index (χ3v) is 3.63. The largest absolute Gasteiger partial charge is 0.351 e. The highest BCUT2D eigenvalue weighted by atomic mass is 14.9. The Morgan fingerprint density at radius 3 is 2.70 bits per heavy atom. The molecule has 0 atom stereocenters. The van der Waals surface area contributed by atoms with Crippen molar-refractivity contribution in [2.24, 2.45) is 7.05 Å². The summed E-state index contributed by atoms with van der Waals surface area (Å²) >= 11 is 0. The van der Waals surface area contributed by atoms with Crippen molar-refractivity contribution < 1.29 is 0 Å². The smallest absolute Gasteiger partial charge is 0.0894 e. The topological polar surface area (TPSA) is 30.7 Å². The van der Waals surface area contributed by atoms with Crippen LogP contribution in [0.1, 0.15) is 0 Å². The molecule has 4 rings (SSSR count). The molecule has 96 valence electrons. The van der Waals surface area contributed by atoms with E-state index in [0.717, 1.165) is 22.3 Å². The number of para-hydroxylation sites is 2. The number of hydrogen-bond donors (Lipinski definition) is 0. The van der Waals surface area contributed by atoms with Crippen molar-refractivity contribution in [3.05, 3.63) is 60.9 Å². The van der Waals surface area contributed by atoms with Gasteiger partial charge in [0, 0.05) is 24.3 Å². The molecule has 20 heavy (non-hydrogen) atoms. The second kappa shape index (κ2) is 4.17. The second-order valence-electron chi connectivity index (χ2n) is 4.94. The lowest BCUT2D eigenvalue weighted by Gasteiger charge is -2.04. The van der Waals surface area contributed by atoms with E-state index >= 15 is 0 Å². The van der Waals surface area contributed by atoms with E-state index in [0.29, 0.717) is 0 Å². The Morgan fingerprint density at radius 2 is 1.80 bits per heavy atom. The van der Waals surface area contributed by atoms with E-state index in [1.807, 2.05) is 30.5 Å². The van der Waals surface area contributed by atoms with Gasteiger partial charge in [0.2, 0.25) is 0 Å². The van der Waals surface area contributed by atoms with E-state index in [1.54, 1.807) is 0 Å². The standard InChI is InChI=1S/C17H13N3/c1-20-9-8-12-6-7-13(10-17(12)20)16-11-18-14-4-2-3-5-15(14)19-16/h2-11H,1H3. The first kappa shape index (κ1) is 11.2. The van der Waals surface area contributed by atoms with Crippen LogP contribution in [0.5, 0.6) is 0 Å². The zero-order valence-corrected chi connectivity index (χ0v) is 11.1. The van der Waals surface area contributed by atoms with E-state index in [9.17, 15) is 0 Å². The lowest BCUT2D eigenvalue weighted by molar-refractivity contribution is 0.969. The molecule has 0 saturated heterocycles. The van der Waals surface area contributed by atoms with Crippen LogP contribution in [0.25, 0.3) is 33.2 Å². The fourth-order valence-electron chi connectivity index (χ4n) is 2.52. The molecule has 0 N–H and O–H groups in total. The molecule has 4 aromatic rings. The molecule has 0 unspecified atom stereocenters. The van der Waals surface area contributed by atoms with Crippen molar-refractivity contribution in [3.63, 3.8) is 0 Å². The van der Waals surface area contributed by atoms with Crippen LogP contribution in [0.2, 0.25) is 0 Å². The van der Waals surface area contributed by atoms with E-state index in [1.165, 1.54) is 10.9 Å². The molecule has 3 nitrogen and oxygen atoms in total. The summed E-state index contributed by atoms with van der Waals surface area (Å²) in [6, 6.07) is 16.4. The molecule has 0 aliphatic carbocycles. The fraction of sp³-hybridized carbons (Fsp3) is 0.0588. The van der Waals surface area contributed by atoms with Crippen molar-refractivity contribution in [3.8, 4) is 11.3 Å². The van der Waals surface area contributed by atoms with Crippen LogP contribution in [-0.4, -0.2) is 14.5 Å². The summed E-state index contributed by atoms with van der Waals surface area (Å²) in [6.45, 7) is 0. The van der Waals surface area contributed by atoms with Gasteiger partial charge < -0.3 is 4.57 Å². The summed E-state index contributed by atoms with van der Waals surface area (Å²) < 4.78 is 2.12. The molecule has 0 spiro atoms. The molecule has 0 bridgehead atoms. The molecule has 3 heteroatoms. The number of nitrogens with zero attached hydrogens (tertiary/aromatic N) is 3. The van der Waals surface area contributed by atoms with Crippen LogP contribution in [-0.2, 0) is 7.05 Å². The van der Waals surface area contributed by atoms with Gasteiger partial charge in [0.25, 0.3) is 0 Å². The number of aromatic nitrogens is 3. The number of hydrogen-bond acceptors (Lipinski definition) is 2. The SMILES string of the molecule is Cn1ccc2ccc(-c3cnc4ccccc4n3)cc21. The van der Waals surface area contributed by atoms with Crippen molar-refractivity contribution in [2.75, 3.05) is 0 Å². The van der Waals surface area contributed by atoms with E-state index in [4.69, 9.17) is 4.98 Å². The molecule has 2 aromatic heterocycles. The summed E-state index contributed by atoms with van der Waals surface area (Å²) in [5.74, 6) is 0. The lowest BCUT2D eigenvalue weighted by Crippen LogP contribution is -1.89. The third kappa shape index (κ3) is 1.67. The van der Waals surface area contributed by atoms with E-state index in [-0.39, 0.29) is 0 Å². The quantitative estimate of drug-likeness (QED) is 0.520. The summed E-state index contributed by atoms with van der Waals surface area (Å²) in [7, 11) is 2.05. The minimum Gasteiger partial charge on any atom is -0.351 e. The minimum atomic E-state index is 0.909. The highest BCUT2D eigenvalue weighted by molar-refractivity contribution is 5.85. The van der Waals surface area contributed by atoms with Gasteiger partial charge in [0.05, 0.1) is 22.9 Å². The predicted octanol–water partition coefficient (Wildman–Crippen LogP) is 3.79. The van der Waals surface area contributed by atoms with Gasteiger partial charge in [0.15, 0.2) is 0 Å². The van der Waals surface area contributed by atoms with Gasteiger partial charge in [-0.25, -0.2) is 4.98 Å². The van der Waals surface area contributed by atoms with E-state index in [2.05, 4.69) is 47.1 Å². The van der Waals surface area contributed by atoms with Crippen molar-refractivity contribution >= 4 is 21.9 Å². The van der Waals surface area contributed by atoms with Gasteiger partial charge in [-0.15, -0.1) is 0 Å². The van der Waals surface area contributed by atoms with Crippen LogP contribution in [0.15, 0.2) is 60.9 Å². The third-order valence-electron chi connectivity index (χ3n) is 3.63. The molecule has 2 heterocycles. The summed E-state index contributed by atoms with van der Waals surface area (Å²) in [5, 5.41) is 1.24. The molecule has 0 aliphatic heterocycles. The monoisotopic (exact) mass is 259 g/mol. The predicted molar refractivity (Wildman–Crippen MR) is 81.5 cm³/mol. The summed E-state index contributed by atoms with van der Waals surface area (Å²) in [6.07, 6.45) is 3.91. The Hall–Kier alpha value is -2.68. The molecule has 0 aliphatic rings. The van der Waals surface area contributed by atoms with Crippen molar-refractivity contribution in [2.45, 2.75) is 0 Å². The van der Waals surface area contributed by atoms with Crippen LogP contribution < -0.4 is 0 Å². The maximum Gasteiger partial charge on any atom is 0.0894 e. The Morgan fingerprint density at radius 1 is 0.950 bits per heavy atom. The molecular formula is C17H13N3. The van der Waals surface area contributed by atoms with E-state index < -0.39 is 0 Å². The molecular weight excluding hydrogens is 246 g/mol. The van der Waals surface area contributed by atoms with Gasteiger partial charge in [-0.2, -0.15) is 0 Å². The van der Waals surface area contributed by atoms with Gasteiger partial charge >= 0.3 is 0 Å². The Kier molecular flexibility index (Phi) is 2.33. The number of aryl methyl sites for hydroxylation is 1. The fourth-order valence-corrected chi connectivity index (χ4v) is 2.52. The zero-order valence-electron chi connectivity index (χ0n) is 11.1. The Labute approximate surface area is 116 Å². The summed E-state index contributed by atoms with van der Waals surface area (Å²) in [4.78, 5) is 9.17. The van der Waals surface area contributed by atoms with Crippen LogP contribution in [0.3, 0.4) is 0 Å². The van der Waals surface area contributed by atoms with Crippen molar-refractivity contribution in [1.29, 1.82) is 0 Å². The highest BCUT2D eigenvalue weighted by Gasteiger charge is 2.05. The second-order valence-corrected chi connectivity index (χ2v) is 4.94. The lowest BCUT2D eigenvalue weighted by atomic mass is 10.1. The van der Waals surface area contributed by atoms with Gasteiger partial charge in [-0.05, 0) is 29.7 Å². The minimum absolute atomic E-state index is 0.909. The molecule has 0 fully saturated rings. The first-order chi connectivity index (χ1) is 9.81. The average Bonchev–Trinajstić information content (AvgIpc) is 2.88. The van der Waals surface area contributed by atoms with Crippen LogP contribution in [0.4, 0.5) is 0 Å².